The lowest BCUT2D eigenvalue weighted by atomic mass is 10.0. The van der Waals surface area contributed by atoms with E-state index in [1.54, 1.807) is 6.20 Å². The molecule has 2 aliphatic rings. The van der Waals surface area contributed by atoms with E-state index in [0.717, 1.165) is 23.7 Å². The van der Waals surface area contributed by atoms with Crippen molar-refractivity contribution in [1.82, 2.24) is 9.97 Å². The molecular weight excluding hydrogens is 435 g/mol. The molecule has 1 heterocycles. The van der Waals surface area contributed by atoms with Crippen LogP contribution in [0.1, 0.15) is 54.7 Å². The quantitative estimate of drug-likeness (QED) is 0.301. The molecular formula is C26H30ClN4P. The van der Waals surface area contributed by atoms with Gasteiger partial charge in [0.15, 0.2) is 5.82 Å². The predicted molar refractivity (Wildman–Crippen MR) is 138 cm³/mol. The highest BCUT2D eigenvalue weighted by atomic mass is 35.5. The van der Waals surface area contributed by atoms with Gasteiger partial charge in [-0.2, -0.15) is 4.98 Å². The Morgan fingerprint density at radius 1 is 0.938 bits per heavy atom. The number of nitrogens with one attached hydrogen (secondary N) is 2. The molecule has 0 aliphatic heterocycles. The van der Waals surface area contributed by atoms with Crippen LogP contribution in [0.3, 0.4) is 0 Å². The third-order valence-electron chi connectivity index (χ3n) is 6.40. The highest BCUT2D eigenvalue weighted by molar-refractivity contribution is 7.64. The Balaban J connectivity index is 1.38. The largest absolute Gasteiger partial charge is 0.338 e. The van der Waals surface area contributed by atoms with Crippen molar-refractivity contribution in [3.8, 4) is 0 Å². The van der Waals surface area contributed by atoms with E-state index in [0.29, 0.717) is 16.8 Å². The van der Waals surface area contributed by atoms with Crippen molar-refractivity contribution in [3.05, 3.63) is 64.3 Å². The van der Waals surface area contributed by atoms with E-state index >= 15 is 0 Å². The molecule has 0 spiro atoms. The SMILES string of the molecule is CP(C)c1cc(C2CC2)ccc1Nc1nc(Nc2ccc3c(c2)CCCCC3)ncc1Cl. The Labute approximate surface area is 197 Å². The summed E-state index contributed by atoms with van der Waals surface area (Å²) in [6.45, 7) is 4.58. The fourth-order valence-corrected chi connectivity index (χ4v) is 5.61. The summed E-state index contributed by atoms with van der Waals surface area (Å²) in [5.41, 5.74) is 6.49. The Bertz CT molecular complexity index is 1130. The van der Waals surface area contributed by atoms with Crippen molar-refractivity contribution in [2.75, 3.05) is 24.0 Å². The third-order valence-corrected chi connectivity index (χ3v) is 8.01. The molecule has 5 rings (SSSR count). The summed E-state index contributed by atoms with van der Waals surface area (Å²) in [5.74, 6) is 1.94. The normalized spacial score (nSPS) is 15.9. The number of aromatic nitrogens is 2. The van der Waals surface area contributed by atoms with Gasteiger partial charge in [-0.05, 0) is 104 Å². The van der Waals surface area contributed by atoms with Gasteiger partial charge >= 0.3 is 0 Å². The van der Waals surface area contributed by atoms with Gasteiger partial charge in [0.2, 0.25) is 5.95 Å². The number of nitrogens with zero attached hydrogens (tertiary/aromatic N) is 2. The molecule has 0 atom stereocenters. The number of rotatable bonds is 6. The molecule has 166 valence electrons. The monoisotopic (exact) mass is 464 g/mol. The van der Waals surface area contributed by atoms with Crippen molar-refractivity contribution in [1.29, 1.82) is 0 Å². The molecule has 2 aliphatic carbocycles. The zero-order valence-electron chi connectivity index (χ0n) is 18.8. The second kappa shape index (κ2) is 9.37. The number of benzene rings is 2. The molecule has 0 radical (unpaired) electrons. The number of aryl methyl sites for hydroxylation is 2. The van der Waals surface area contributed by atoms with Crippen LogP contribution in [-0.4, -0.2) is 23.3 Å². The van der Waals surface area contributed by atoms with Gasteiger partial charge in [-0.3, -0.25) is 0 Å². The van der Waals surface area contributed by atoms with Gasteiger partial charge in [0, 0.05) is 11.4 Å². The van der Waals surface area contributed by atoms with Crippen molar-refractivity contribution in [2.45, 2.75) is 50.9 Å². The zero-order chi connectivity index (χ0) is 22.1. The van der Waals surface area contributed by atoms with Crippen LogP contribution in [0, 0.1) is 0 Å². The molecule has 1 saturated carbocycles. The smallest absolute Gasteiger partial charge is 0.229 e. The van der Waals surface area contributed by atoms with E-state index in [1.165, 1.54) is 60.5 Å². The Kier molecular flexibility index (Phi) is 6.35. The van der Waals surface area contributed by atoms with Gasteiger partial charge < -0.3 is 10.6 Å². The maximum absolute atomic E-state index is 6.48. The first-order valence-corrected chi connectivity index (χ1v) is 14.2. The summed E-state index contributed by atoms with van der Waals surface area (Å²) in [5, 5.41) is 8.75. The highest BCUT2D eigenvalue weighted by Crippen LogP contribution is 2.42. The van der Waals surface area contributed by atoms with Crippen LogP contribution in [0.5, 0.6) is 0 Å². The first-order chi connectivity index (χ1) is 15.6. The Hall–Kier alpha value is -2.16. The van der Waals surface area contributed by atoms with Crippen LogP contribution in [0.2, 0.25) is 5.02 Å². The summed E-state index contributed by atoms with van der Waals surface area (Å²) >= 11 is 6.48. The van der Waals surface area contributed by atoms with E-state index in [4.69, 9.17) is 16.6 Å². The number of fused-ring (bicyclic) bond motifs is 1. The molecule has 3 aromatic rings. The zero-order valence-corrected chi connectivity index (χ0v) is 20.4. The number of hydrogen-bond acceptors (Lipinski definition) is 4. The van der Waals surface area contributed by atoms with Crippen LogP contribution < -0.4 is 15.9 Å². The van der Waals surface area contributed by atoms with E-state index in [2.05, 4.69) is 65.3 Å². The Morgan fingerprint density at radius 3 is 2.53 bits per heavy atom. The average molecular weight is 465 g/mol. The lowest BCUT2D eigenvalue weighted by molar-refractivity contribution is 0.711. The topological polar surface area (TPSA) is 49.8 Å². The number of halogens is 1. The standard InChI is InChI=1S/C26H30ClN4P/c1-32(2)24-15-20(18-8-9-18)11-13-23(24)30-25-22(27)16-28-26(31-25)29-21-12-10-17-6-4-3-5-7-19(17)14-21/h10-16,18H,3-9H2,1-2H3,(H2,28,29,30,31). The molecule has 0 bridgehead atoms. The Morgan fingerprint density at radius 2 is 1.75 bits per heavy atom. The summed E-state index contributed by atoms with van der Waals surface area (Å²) in [6.07, 6.45) is 10.5. The van der Waals surface area contributed by atoms with E-state index in [1.807, 2.05) is 0 Å². The molecule has 0 saturated heterocycles. The summed E-state index contributed by atoms with van der Waals surface area (Å²) < 4.78 is 0. The maximum Gasteiger partial charge on any atom is 0.229 e. The first kappa shape index (κ1) is 21.7. The molecule has 4 nitrogen and oxygen atoms in total. The van der Waals surface area contributed by atoms with Gasteiger partial charge in [0.05, 0.1) is 6.20 Å². The lowest BCUT2D eigenvalue weighted by Crippen LogP contribution is -2.10. The molecule has 0 unspecified atom stereocenters. The van der Waals surface area contributed by atoms with Crippen LogP contribution >= 0.6 is 19.5 Å². The van der Waals surface area contributed by atoms with E-state index < -0.39 is 0 Å². The van der Waals surface area contributed by atoms with E-state index in [-0.39, 0.29) is 7.92 Å². The van der Waals surface area contributed by atoms with Crippen LogP contribution in [-0.2, 0) is 12.8 Å². The second-order valence-corrected chi connectivity index (χ2v) is 11.8. The molecule has 2 aromatic carbocycles. The molecule has 6 heteroatoms. The lowest BCUT2D eigenvalue weighted by Gasteiger charge is -2.17. The van der Waals surface area contributed by atoms with Gasteiger partial charge in [0.1, 0.15) is 5.02 Å². The fraction of sp³-hybridized carbons (Fsp3) is 0.385. The van der Waals surface area contributed by atoms with Gasteiger partial charge in [0.25, 0.3) is 0 Å². The van der Waals surface area contributed by atoms with Crippen molar-refractivity contribution in [2.24, 2.45) is 0 Å². The second-order valence-electron chi connectivity index (χ2n) is 9.13. The van der Waals surface area contributed by atoms with Crippen molar-refractivity contribution >= 4 is 48.0 Å². The summed E-state index contributed by atoms with van der Waals surface area (Å²) in [7, 11) is -0.255. The number of hydrogen-bond donors (Lipinski definition) is 2. The van der Waals surface area contributed by atoms with Crippen LogP contribution in [0.4, 0.5) is 23.1 Å². The van der Waals surface area contributed by atoms with Crippen LogP contribution in [0.25, 0.3) is 0 Å². The molecule has 32 heavy (non-hydrogen) atoms. The maximum atomic E-state index is 6.48. The molecule has 0 amide bonds. The molecule has 1 fully saturated rings. The fourth-order valence-electron chi connectivity index (χ4n) is 4.45. The average Bonchev–Trinajstić information content (AvgIpc) is 3.63. The van der Waals surface area contributed by atoms with Crippen molar-refractivity contribution in [3.63, 3.8) is 0 Å². The van der Waals surface area contributed by atoms with Gasteiger partial charge in [-0.15, -0.1) is 0 Å². The van der Waals surface area contributed by atoms with Crippen molar-refractivity contribution < 1.29 is 0 Å². The minimum Gasteiger partial charge on any atom is -0.338 e. The predicted octanol–water partition coefficient (Wildman–Crippen LogP) is 7.13. The molecule has 1 aromatic heterocycles. The van der Waals surface area contributed by atoms with E-state index in [9.17, 15) is 0 Å². The number of anilines is 4. The van der Waals surface area contributed by atoms with Gasteiger partial charge in [-0.25, -0.2) is 4.98 Å². The minimum atomic E-state index is -0.255. The summed E-state index contributed by atoms with van der Waals surface area (Å²) in [4.78, 5) is 9.13. The highest BCUT2D eigenvalue weighted by Gasteiger charge is 2.24. The third kappa shape index (κ3) is 4.92. The minimum absolute atomic E-state index is 0.255. The van der Waals surface area contributed by atoms with Crippen LogP contribution in [0.15, 0.2) is 42.6 Å². The van der Waals surface area contributed by atoms with Gasteiger partial charge in [-0.1, -0.05) is 38.1 Å². The first-order valence-electron chi connectivity index (χ1n) is 11.6. The summed E-state index contributed by atoms with van der Waals surface area (Å²) in [6, 6.07) is 13.4. The molecule has 2 N–H and O–H groups in total.